The maximum atomic E-state index is 18.1. The van der Waals surface area contributed by atoms with Gasteiger partial charge in [0.05, 0.1) is 36.0 Å². The molecule has 2 aliphatic heterocycles. The minimum atomic E-state index is -5.37. The van der Waals surface area contributed by atoms with Crippen molar-refractivity contribution in [1.82, 2.24) is 14.5 Å². The molecule has 66 heavy (non-hydrogen) atoms. The number of piperidine rings is 1. The molecular formula is C48H67F5N4O8Si. The number of rotatable bonds is 12. The Morgan fingerprint density at radius 1 is 0.955 bits per heavy atom. The molecule has 2 amide bonds. The molecule has 1 aromatic carbocycles. The maximum absolute atomic E-state index is 18.1. The number of carbonyl (C=O) groups excluding carboxylic acids is 2. The van der Waals surface area contributed by atoms with Crippen molar-refractivity contribution in [2.75, 3.05) is 25.1 Å². The van der Waals surface area contributed by atoms with Gasteiger partial charge in [-0.15, -0.1) is 13.2 Å². The van der Waals surface area contributed by atoms with Gasteiger partial charge < -0.3 is 37.6 Å². The minimum absolute atomic E-state index is 0.0424. The molecule has 2 aliphatic carbocycles. The molecule has 5 atom stereocenters. The van der Waals surface area contributed by atoms with Crippen LogP contribution in [0.25, 0.3) is 22.2 Å². The molecule has 7 rings (SSSR count). The van der Waals surface area contributed by atoms with Gasteiger partial charge in [-0.3, -0.25) is 5.32 Å². The van der Waals surface area contributed by atoms with E-state index in [1.165, 1.54) is 0 Å². The summed E-state index contributed by atoms with van der Waals surface area (Å²) >= 11 is 0. The summed E-state index contributed by atoms with van der Waals surface area (Å²) in [5.74, 6) is -4.62. The molecule has 4 fully saturated rings. The highest BCUT2D eigenvalue weighted by molar-refractivity contribution is 6.74. The number of aromatic nitrogens is 2. The lowest BCUT2D eigenvalue weighted by Crippen LogP contribution is -2.48. The number of alkyl halides is 3. The molecule has 18 heteroatoms. The molecule has 366 valence electrons. The maximum Gasteiger partial charge on any atom is 0.573 e. The molecule has 12 nitrogen and oxygen atoms in total. The second-order valence-electron chi connectivity index (χ2n) is 22.2. The summed E-state index contributed by atoms with van der Waals surface area (Å²) in [6.45, 7) is 26.0. The van der Waals surface area contributed by atoms with Crippen LogP contribution in [0.15, 0.2) is 12.1 Å². The largest absolute Gasteiger partial charge is 0.573 e. The molecule has 2 saturated heterocycles. The van der Waals surface area contributed by atoms with Crippen LogP contribution in [0.5, 0.6) is 5.75 Å². The monoisotopic (exact) mass is 950 g/mol. The number of hydrogen-bond acceptors (Lipinski definition) is 9. The first kappa shape index (κ1) is 49.9. The topological polar surface area (TPSA) is 123 Å². The van der Waals surface area contributed by atoms with E-state index in [0.29, 0.717) is 55.3 Å². The van der Waals surface area contributed by atoms with Crippen molar-refractivity contribution in [3.05, 3.63) is 40.7 Å². The number of amides is 2. The van der Waals surface area contributed by atoms with Gasteiger partial charge in [0, 0.05) is 42.0 Å². The van der Waals surface area contributed by atoms with Crippen LogP contribution in [0.2, 0.25) is 18.1 Å². The molecule has 4 heterocycles. The lowest BCUT2D eigenvalue weighted by atomic mass is 9.94. The van der Waals surface area contributed by atoms with Gasteiger partial charge in [-0.25, -0.2) is 23.4 Å². The van der Waals surface area contributed by atoms with Crippen molar-refractivity contribution in [3.8, 4) is 17.0 Å². The highest BCUT2D eigenvalue weighted by Gasteiger charge is 2.65. The first-order valence-electron chi connectivity index (χ1n) is 23.2. The van der Waals surface area contributed by atoms with Gasteiger partial charge in [0.1, 0.15) is 16.9 Å². The van der Waals surface area contributed by atoms with Crippen molar-refractivity contribution in [1.29, 1.82) is 0 Å². The molecule has 0 bridgehead atoms. The number of carbonyl (C=O) groups is 2. The van der Waals surface area contributed by atoms with E-state index in [4.69, 9.17) is 28.4 Å². The van der Waals surface area contributed by atoms with Crippen LogP contribution >= 0.6 is 0 Å². The molecule has 3 aromatic rings. The van der Waals surface area contributed by atoms with E-state index in [1.54, 1.807) is 25.7 Å². The average Bonchev–Trinajstić information content (AvgIpc) is 4.07. The summed E-state index contributed by atoms with van der Waals surface area (Å²) in [4.78, 5) is 33.4. The summed E-state index contributed by atoms with van der Waals surface area (Å²) in [5, 5.41) is 2.77. The SMILES string of the molecule is CC(C)c1nc(-c2cc(NC(=O)OC(C)(C)C)cc(F)c2OC(F)(F)F)c(F)c2c1c([C@@H]1[C@H]3CN(C(=O)OC(C)(C)C)[C@H](CO[Si](C)(C)C(C)(C)C)[C@H]31)c(COC1CCCCO1)n2C1CC1. The summed E-state index contributed by atoms with van der Waals surface area (Å²) < 4.78 is 113. The zero-order chi connectivity index (χ0) is 48.6. The van der Waals surface area contributed by atoms with E-state index >= 15 is 8.78 Å². The van der Waals surface area contributed by atoms with E-state index < -0.39 is 78.9 Å². The lowest BCUT2D eigenvalue weighted by molar-refractivity contribution is -0.275. The third-order valence-electron chi connectivity index (χ3n) is 13.3. The molecule has 4 aliphatic rings. The van der Waals surface area contributed by atoms with Gasteiger partial charge in [0.25, 0.3) is 0 Å². The van der Waals surface area contributed by atoms with E-state index in [-0.39, 0.29) is 59.3 Å². The fraction of sp³-hybridized carbons (Fsp3) is 0.688. The molecule has 2 aromatic heterocycles. The highest BCUT2D eigenvalue weighted by Crippen LogP contribution is 2.65. The van der Waals surface area contributed by atoms with Gasteiger partial charge in [0.15, 0.2) is 32.0 Å². The van der Waals surface area contributed by atoms with Gasteiger partial charge in [-0.05, 0) is 127 Å². The molecule has 1 unspecified atom stereocenters. The summed E-state index contributed by atoms with van der Waals surface area (Å²) in [7, 11) is -2.32. The van der Waals surface area contributed by atoms with Crippen LogP contribution in [-0.4, -0.2) is 84.6 Å². The number of hydrogen-bond donors (Lipinski definition) is 1. The molecule has 0 spiro atoms. The van der Waals surface area contributed by atoms with E-state index in [0.717, 1.165) is 24.5 Å². The number of likely N-dealkylation sites (tertiary alicyclic amines) is 1. The third kappa shape index (κ3) is 10.7. The standard InChI is InChI=1S/C48H67F5N4O8Si/c1-25(2)39-37-36(35-29-22-56(44(59)65-46(6,7)8)31(34(29)35)24-62-66(12,13)47(9,10)11)32(23-61-33-16-14-15-19-60-33)57(27-17-18-27)41(37)38(50)40(55-39)28-20-26(54-43(58)64-45(3,4)5)21-30(49)42(28)63-48(51,52)53/h20-21,25,27,29,31,33-35H,14-19,22-24H2,1-13H3,(H,54,58)/t29-,31+,33?,34-,35+/m0/s1. The van der Waals surface area contributed by atoms with Crippen molar-refractivity contribution in [3.63, 3.8) is 0 Å². The first-order chi connectivity index (χ1) is 30.5. The smallest absolute Gasteiger partial charge is 0.444 e. The first-order valence-corrected chi connectivity index (χ1v) is 26.1. The summed E-state index contributed by atoms with van der Waals surface area (Å²) in [6.07, 6.45) is -3.44. The molecule has 1 N–H and O–H groups in total. The molecule has 0 radical (unpaired) electrons. The number of halogens is 5. The minimum Gasteiger partial charge on any atom is -0.444 e. The number of anilines is 1. The van der Waals surface area contributed by atoms with Crippen LogP contribution in [-0.2, 0) is 30.0 Å². The quantitative estimate of drug-likeness (QED) is 0.140. The van der Waals surface area contributed by atoms with Gasteiger partial charge in [-0.1, -0.05) is 34.6 Å². The second-order valence-corrected chi connectivity index (χ2v) is 27.0. The lowest BCUT2D eigenvalue weighted by Gasteiger charge is -2.39. The number of fused-ring (bicyclic) bond motifs is 2. The number of nitrogens with zero attached hydrogens (tertiary/aromatic N) is 3. The predicted octanol–water partition coefficient (Wildman–Crippen LogP) is 12.7. The number of ether oxygens (including phenoxy) is 5. The van der Waals surface area contributed by atoms with Gasteiger partial charge in [-0.2, -0.15) is 0 Å². The van der Waals surface area contributed by atoms with Crippen molar-refractivity contribution >= 4 is 37.1 Å². The van der Waals surface area contributed by atoms with Crippen LogP contribution in [0.1, 0.15) is 143 Å². The highest BCUT2D eigenvalue weighted by atomic mass is 28.4. The normalized spacial score (nSPS) is 22.8. The summed E-state index contributed by atoms with van der Waals surface area (Å²) in [6, 6.07) is 1.09. The number of nitrogens with one attached hydrogen (secondary N) is 1. The number of pyridine rings is 1. The molecule has 2 saturated carbocycles. The Balaban J connectivity index is 1.43. The predicted molar refractivity (Wildman–Crippen MR) is 242 cm³/mol. The Hall–Kier alpha value is -4.00. The Labute approximate surface area is 385 Å². The van der Waals surface area contributed by atoms with Crippen molar-refractivity contribution in [2.45, 2.75) is 181 Å². The fourth-order valence-corrected chi connectivity index (χ4v) is 10.2. The van der Waals surface area contributed by atoms with Gasteiger partial charge >= 0.3 is 18.5 Å². The van der Waals surface area contributed by atoms with Crippen LogP contribution < -0.4 is 10.1 Å². The zero-order valence-corrected chi connectivity index (χ0v) is 41.6. The number of benzene rings is 1. The molecular weight excluding hydrogens is 884 g/mol. The van der Waals surface area contributed by atoms with E-state index in [9.17, 15) is 22.8 Å². The average molecular weight is 951 g/mol. The fourth-order valence-electron chi connectivity index (χ4n) is 9.18. The van der Waals surface area contributed by atoms with Crippen molar-refractivity contribution < 1.29 is 59.7 Å². The van der Waals surface area contributed by atoms with E-state index in [1.807, 2.05) is 39.2 Å². The van der Waals surface area contributed by atoms with Gasteiger partial charge in [0.2, 0.25) is 0 Å². The van der Waals surface area contributed by atoms with Crippen LogP contribution in [0.4, 0.5) is 37.2 Å². The third-order valence-corrected chi connectivity index (χ3v) is 17.8. The van der Waals surface area contributed by atoms with Crippen LogP contribution in [0.3, 0.4) is 0 Å². The zero-order valence-electron chi connectivity index (χ0n) is 40.6. The van der Waals surface area contributed by atoms with Crippen LogP contribution in [0, 0.1) is 23.5 Å². The second kappa shape index (κ2) is 17.8. The Bertz CT molecular complexity index is 2320. The Morgan fingerprint density at radius 3 is 2.18 bits per heavy atom. The van der Waals surface area contributed by atoms with Crippen molar-refractivity contribution in [2.24, 2.45) is 11.8 Å². The Kier molecular flexibility index (Phi) is 13.5. The Morgan fingerprint density at radius 2 is 1.62 bits per heavy atom. The summed E-state index contributed by atoms with van der Waals surface area (Å²) in [5.41, 5.74) is -1.26. The van der Waals surface area contributed by atoms with E-state index in [2.05, 4.69) is 43.9 Å².